The Morgan fingerprint density at radius 1 is 1.14 bits per heavy atom. The summed E-state index contributed by atoms with van der Waals surface area (Å²) in [6.07, 6.45) is 0.117. The Balaban J connectivity index is 1.17. The summed E-state index contributed by atoms with van der Waals surface area (Å²) < 4.78 is 41.9. The van der Waals surface area contributed by atoms with Crippen molar-refractivity contribution in [2.45, 2.75) is 44.1 Å². The molecule has 13 heteroatoms. The minimum Gasteiger partial charge on any atom is -0.384 e. The summed E-state index contributed by atoms with van der Waals surface area (Å²) in [5, 5.41) is 14.9. The maximum absolute atomic E-state index is 15.2. The van der Waals surface area contributed by atoms with Crippen molar-refractivity contribution in [3.8, 4) is 11.1 Å². The summed E-state index contributed by atoms with van der Waals surface area (Å²) >= 11 is 1.36. The van der Waals surface area contributed by atoms with E-state index in [1.54, 1.807) is 36.6 Å². The number of hydrogen-bond donors (Lipinski definition) is 4. The minimum absolute atomic E-state index is 0.00543. The van der Waals surface area contributed by atoms with Gasteiger partial charge >= 0.3 is 0 Å². The number of fused-ring (bicyclic) bond motifs is 3. The van der Waals surface area contributed by atoms with Crippen LogP contribution in [0.1, 0.15) is 56.9 Å². The van der Waals surface area contributed by atoms with Gasteiger partial charge < -0.3 is 30.7 Å². The molecular formula is C31H31F2N5O5S. The van der Waals surface area contributed by atoms with Crippen molar-refractivity contribution in [3.05, 3.63) is 80.5 Å². The van der Waals surface area contributed by atoms with Gasteiger partial charge in [0.25, 0.3) is 11.8 Å². The van der Waals surface area contributed by atoms with Gasteiger partial charge in [-0.2, -0.15) is 8.78 Å². The van der Waals surface area contributed by atoms with E-state index in [-0.39, 0.29) is 46.6 Å². The first-order valence-electron chi connectivity index (χ1n) is 14.1. The van der Waals surface area contributed by atoms with Crippen LogP contribution in [0, 0.1) is 12.3 Å². The van der Waals surface area contributed by atoms with Gasteiger partial charge in [0.1, 0.15) is 11.9 Å². The first-order chi connectivity index (χ1) is 20.9. The third kappa shape index (κ3) is 5.14. The molecule has 2 saturated heterocycles. The maximum atomic E-state index is 15.2. The highest BCUT2D eigenvalue weighted by Gasteiger charge is 2.52. The molecule has 6 rings (SSSR count). The average Bonchev–Trinajstić information content (AvgIpc) is 3.78. The van der Waals surface area contributed by atoms with Crippen LogP contribution in [0.4, 0.5) is 8.78 Å². The van der Waals surface area contributed by atoms with Gasteiger partial charge in [0, 0.05) is 38.9 Å². The number of amidine groups is 1. The van der Waals surface area contributed by atoms with Gasteiger partial charge in [0.05, 0.1) is 32.3 Å². The van der Waals surface area contributed by atoms with Crippen LogP contribution in [0.5, 0.6) is 0 Å². The van der Waals surface area contributed by atoms with E-state index in [1.807, 2.05) is 0 Å². The van der Waals surface area contributed by atoms with E-state index in [2.05, 4.69) is 10.6 Å². The molecule has 2 atom stereocenters. The lowest BCUT2D eigenvalue weighted by Crippen LogP contribution is -2.49. The topological polar surface area (TPSA) is 147 Å². The summed E-state index contributed by atoms with van der Waals surface area (Å²) in [5.74, 6) is -5.91. The van der Waals surface area contributed by atoms with Gasteiger partial charge in [-0.3, -0.25) is 19.8 Å². The highest BCUT2D eigenvalue weighted by molar-refractivity contribution is 7.10. The van der Waals surface area contributed by atoms with Crippen molar-refractivity contribution in [1.29, 1.82) is 5.41 Å². The minimum atomic E-state index is -3.18. The predicted molar refractivity (Wildman–Crippen MR) is 159 cm³/mol. The molecule has 0 bridgehead atoms. The molecule has 0 saturated carbocycles. The predicted octanol–water partition coefficient (Wildman–Crippen LogP) is 3.41. The third-order valence-corrected chi connectivity index (χ3v) is 9.43. The van der Waals surface area contributed by atoms with Crippen molar-refractivity contribution in [3.63, 3.8) is 0 Å². The fraction of sp³-hybridized carbons (Fsp3) is 0.355. The van der Waals surface area contributed by atoms with Crippen LogP contribution in [0.3, 0.4) is 0 Å². The summed E-state index contributed by atoms with van der Waals surface area (Å²) in [6.45, 7) is 3.56. The van der Waals surface area contributed by atoms with Crippen molar-refractivity contribution in [2.75, 3.05) is 26.3 Å². The summed E-state index contributed by atoms with van der Waals surface area (Å²) in [6, 6.07) is 9.41. The monoisotopic (exact) mass is 623 g/mol. The van der Waals surface area contributed by atoms with Gasteiger partial charge in [-0.25, -0.2) is 0 Å². The normalized spacial score (nSPS) is 19.8. The van der Waals surface area contributed by atoms with Crippen molar-refractivity contribution in [1.82, 2.24) is 15.5 Å². The molecule has 2 fully saturated rings. The number of nitrogen functional groups attached to an aromatic ring is 1. The van der Waals surface area contributed by atoms with E-state index in [0.29, 0.717) is 24.3 Å². The Hall–Kier alpha value is -4.20. The van der Waals surface area contributed by atoms with Crippen molar-refractivity contribution in [2.24, 2.45) is 5.73 Å². The van der Waals surface area contributed by atoms with E-state index in [4.69, 9.17) is 20.6 Å². The maximum Gasteiger partial charge on any atom is 0.299 e. The smallest absolute Gasteiger partial charge is 0.299 e. The number of nitrogens with two attached hydrogens (primary N) is 1. The van der Waals surface area contributed by atoms with Crippen LogP contribution in [0.25, 0.3) is 11.1 Å². The second-order valence-electron chi connectivity index (χ2n) is 11.2. The number of thiophene rings is 1. The number of ether oxygens (including phenoxy) is 2. The SMILES string of the molecule is Cc1cc(C(=O)NCC(=O)N2CC3(C[C@H]2C(=O)N[C@H](C)c2cc(C(=N)N)cs2)OCCO3)cc2c1C(F)(F)c1ccccc1-2. The Morgan fingerprint density at radius 3 is 2.57 bits per heavy atom. The number of alkyl halides is 2. The number of nitrogens with zero attached hydrogens (tertiary/aromatic N) is 1. The van der Waals surface area contributed by atoms with Gasteiger partial charge in [0.2, 0.25) is 11.8 Å². The lowest BCUT2D eigenvalue weighted by molar-refractivity contribution is -0.152. The van der Waals surface area contributed by atoms with Crippen LogP contribution in [-0.2, 0) is 25.0 Å². The standard InChI is InChI=1S/C31H31F2N5O5S/c1-16-9-18(10-21-20-5-3-4-6-22(20)31(32,33)26(16)21)28(40)36-13-25(39)38-15-30(42-7-8-43-30)12-23(38)29(41)37-17(2)24-11-19(14-44-24)27(34)35/h3-6,9-11,14,17,23H,7-8,12-13,15H2,1-2H3,(H3,34,35)(H,36,40)(H,37,41)/t17-,23+/m1/s1. The molecule has 2 aliphatic heterocycles. The molecular weight excluding hydrogens is 592 g/mol. The number of nitrogens with one attached hydrogen (secondary N) is 3. The highest BCUT2D eigenvalue weighted by Crippen LogP contribution is 2.52. The molecule has 0 radical (unpaired) electrons. The molecule has 3 aliphatic rings. The summed E-state index contributed by atoms with van der Waals surface area (Å²) in [5.41, 5.74) is 6.94. The largest absolute Gasteiger partial charge is 0.384 e. The van der Waals surface area contributed by atoms with Crippen LogP contribution in [0.2, 0.25) is 0 Å². The molecule has 1 aromatic heterocycles. The van der Waals surface area contributed by atoms with Gasteiger partial charge in [-0.05, 0) is 48.7 Å². The molecule has 2 aromatic carbocycles. The van der Waals surface area contributed by atoms with Crippen molar-refractivity contribution >= 4 is 34.9 Å². The molecule has 3 aromatic rings. The third-order valence-electron chi connectivity index (χ3n) is 8.31. The molecule has 5 N–H and O–H groups in total. The van der Waals surface area contributed by atoms with Gasteiger partial charge in [-0.1, -0.05) is 24.3 Å². The number of hydrogen-bond acceptors (Lipinski definition) is 7. The van der Waals surface area contributed by atoms with Gasteiger partial charge in [-0.15, -0.1) is 11.3 Å². The molecule has 10 nitrogen and oxygen atoms in total. The van der Waals surface area contributed by atoms with E-state index >= 15 is 8.78 Å². The molecule has 1 aliphatic carbocycles. The molecule has 3 amide bonds. The lowest BCUT2D eigenvalue weighted by atomic mass is 9.97. The van der Waals surface area contributed by atoms with E-state index < -0.39 is 48.1 Å². The van der Waals surface area contributed by atoms with Crippen LogP contribution in [-0.4, -0.2) is 66.6 Å². The number of rotatable bonds is 7. The van der Waals surface area contributed by atoms with Crippen molar-refractivity contribution < 1.29 is 32.6 Å². The Kier molecular flexibility index (Phi) is 7.50. The number of likely N-dealkylation sites (tertiary alicyclic amines) is 1. The zero-order chi connectivity index (χ0) is 31.4. The number of aryl methyl sites for hydroxylation is 1. The van der Waals surface area contributed by atoms with Gasteiger partial charge in [0.15, 0.2) is 5.79 Å². The quantitative estimate of drug-likeness (QED) is 0.234. The number of carbonyl (C=O) groups is 3. The fourth-order valence-electron chi connectivity index (χ4n) is 6.18. The molecule has 3 heterocycles. The number of benzene rings is 2. The van der Waals surface area contributed by atoms with Crippen LogP contribution >= 0.6 is 11.3 Å². The average molecular weight is 624 g/mol. The molecule has 0 unspecified atom stereocenters. The molecule has 1 spiro atoms. The summed E-state index contributed by atoms with van der Waals surface area (Å²) in [4.78, 5) is 42.2. The molecule has 44 heavy (non-hydrogen) atoms. The Labute approximate surface area is 256 Å². The first kappa shape index (κ1) is 29.9. The zero-order valence-electron chi connectivity index (χ0n) is 24.0. The number of carbonyl (C=O) groups excluding carboxylic acids is 3. The highest BCUT2D eigenvalue weighted by atomic mass is 32.1. The van der Waals surface area contributed by atoms with E-state index in [0.717, 1.165) is 4.88 Å². The van der Waals surface area contributed by atoms with Crippen LogP contribution in [0.15, 0.2) is 47.8 Å². The van der Waals surface area contributed by atoms with Crippen LogP contribution < -0.4 is 16.4 Å². The Bertz CT molecular complexity index is 1690. The second kappa shape index (κ2) is 11.1. The molecule has 230 valence electrons. The number of halogens is 2. The second-order valence-corrected chi connectivity index (χ2v) is 12.2. The lowest BCUT2D eigenvalue weighted by Gasteiger charge is -2.25. The Morgan fingerprint density at radius 2 is 1.86 bits per heavy atom. The zero-order valence-corrected chi connectivity index (χ0v) is 24.9. The number of amides is 3. The van der Waals surface area contributed by atoms with E-state index in [9.17, 15) is 14.4 Å². The fourth-order valence-corrected chi connectivity index (χ4v) is 7.09. The summed E-state index contributed by atoms with van der Waals surface area (Å²) in [7, 11) is 0. The first-order valence-corrected chi connectivity index (χ1v) is 15.0. The van der Waals surface area contributed by atoms with E-state index in [1.165, 1.54) is 41.4 Å².